The van der Waals surface area contributed by atoms with Crippen LogP contribution in [0.3, 0.4) is 0 Å². The Labute approximate surface area is 95.7 Å². The molecule has 1 aliphatic rings. The van der Waals surface area contributed by atoms with E-state index in [2.05, 4.69) is 11.8 Å². The van der Waals surface area contributed by atoms with E-state index in [0.29, 0.717) is 18.0 Å². The topological polar surface area (TPSA) is 23.5 Å². The molecule has 1 N–H and O–H groups in total. The Morgan fingerprint density at radius 3 is 3.06 bits per heavy atom. The molecule has 1 atom stereocenters. The Hall–Kier alpha value is -1.09. The van der Waals surface area contributed by atoms with Crippen LogP contribution in [0.1, 0.15) is 25.3 Å². The summed E-state index contributed by atoms with van der Waals surface area (Å²) in [4.78, 5) is 2.28. The summed E-state index contributed by atoms with van der Waals surface area (Å²) in [6, 6.07) is 4.73. The molecule has 16 heavy (non-hydrogen) atoms. The molecule has 0 saturated carbocycles. The van der Waals surface area contributed by atoms with Gasteiger partial charge in [0.1, 0.15) is 0 Å². The first-order valence-electron chi connectivity index (χ1n) is 5.85. The highest BCUT2D eigenvalue weighted by Crippen LogP contribution is 2.24. The molecule has 2 rings (SSSR count). The number of hydrogen-bond donors (Lipinski definition) is 1. The van der Waals surface area contributed by atoms with Crippen LogP contribution in [0.4, 0.5) is 4.39 Å². The fourth-order valence-electron chi connectivity index (χ4n) is 2.36. The van der Waals surface area contributed by atoms with Gasteiger partial charge in [-0.05, 0) is 31.4 Å². The van der Waals surface area contributed by atoms with Crippen LogP contribution >= 0.6 is 0 Å². The fourth-order valence-corrected chi connectivity index (χ4v) is 2.36. The highest BCUT2D eigenvalue weighted by molar-refractivity contribution is 5.33. The Bertz CT molecular complexity index is 367. The summed E-state index contributed by atoms with van der Waals surface area (Å²) in [5, 5.41) is 9.59. The maximum absolute atomic E-state index is 13.1. The SMILES string of the molecule is CC1CCCN(Cc2cccc(F)c2O)C1. The molecule has 1 aromatic carbocycles. The van der Waals surface area contributed by atoms with Crippen LogP contribution in [0.5, 0.6) is 5.75 Å². The number of rotatable bonds is 2. The molecule has 3 heteroatoms. The van der Waals surface area contributed by atoms with Crippen molar-refractivity contribution in [3.8, 4) is 5.75 Å². The Balaban J connectivity index is 2.05. The average Bonchev–Trinajstić information content (AvgIpc) is 2.25. The summed E-state index contributed by atoms with van der Waals surface area (Å²) in [6.45, 7) is 4.96. The molecule has 0 aromatic heterocycles. The molecule has 1 fully saturated rings. The van der Waals surface area contributed by atoms with E-state index < -0.39 is 5.82 Å². The van der Waals surface area contributed by atoms with Crippen LogP contribution in [0.15, 0.2) is 18.2 Å². The van der Waals surface area contributed by atoms with Gasteiger partial charge < -0.3 is 5.11 Å². The van der Waals surface area contributed by atoms with Crippen LogP contribution in [-0.2, 0) is 6.54 Å². The minimum Gasteiger partial charge on any atom is -0.505 e. The van der Waals surface area contributed by atoms with Gasteiger partial charge in [-0.15, -0.1) is 0 Å². The molecule has 0 aliphatic carbocycles. The average molecular weight is 223 g/mol. The van der Waals surface area contributed by atoms with E-state index in [4.69, 9.17) is 0 Å². The molecular formula is C13H18FNO. The van der Waals surface area contributed by atoms with Crippen LogP contribution in [0.25, 0.3) is 0 Å². The molecular weight excluding hydrogens is 205 g/mol. The van der Waals surface area contributed by atoms with E-state index in [1.54, 1.807) is 12.1 Å². The molecule has 1 aliphatic heterocycles. The van der Waals surface area contributed by atoms with Crippen molar-refractivity contribution < 1.29 is 9.50 Å². The molecule has 0 amide bonds. The number of nitrogens with zero attached hydrogens (tertiary/aromatic N) is 1. The molecule has 1 aromatic rings. The lowest BCUT2D eigenvalue weighted by molar-refractivity contribution is 0.174. The lowest BCUT2D eigenvalue weighted by atomic mass is 10.00. The molecule has 0 spiro atoms. The number of benzene rings is 1. The number of phenols is 1. The van der Waals surface area contributed by atoms with Gasteiger partial charge in [0.25, 0.3) is 0 Å². The minimum atomic E-state index is -0.525. The highest BCUT2D eigenvalue weighted by atomic mass is 19.1. The van der Waals surface area contributed by atoms with Gasteiger partial charge >= 0.3 is 0 Å². The zero-order valence-electron chi connectivity index (χ0n) is 9.62. The largest absolute Gasteiger partial charge is 0.505 e. The van der Waals surface area contributed by atoms with Gasteiger partial charge in [0.15, 0.2) is 11.6 Å². The molecule has 0 bridgehead atoms. The van der Waals surface area contributed by atoms with Crippen LogP contribution in [-0.4, -0.2) is 23.1 Å². The van der Waals surface area contributed by atoms with Crippen molar-refractivity contribution in [1.82, 2.24) is 4.90 Å². The summed E-state index contributed by atoms with van der Waals surface area (Å²) in [6.07, 6.45) is 2.46. The van der Waals surface area contributed by atoms with Gasteiger partial charge in [0.05, 0.1) is 0 Å². The second-order valence-electron chi connectivity index (χ2n) is 4.73. The normalized spacial score (nSPS) is 22.2. The van der Waals surface area contributed by atoms with Crippen molar-refractivity contribution in [2.75, 3.05) is 13.1 Å². The van der Waals surface area contributed by atoms with Crippen molar-refractivity contribution >= 4 is 0 Å². The van der Waals surface area contributed by atoms with Crippen LogP contribution in [0, 0.1) is 11.7 Å². The third-order valence-corrected chi connectivity index (χ3v) is 3.21. The van der Waals surface area contributed by atoms with Gasteiger partial charge in [-0.25, -0.2) is 4.39 Å². The van der Waals surface area contributed by atoms with E-state index >= 15 is 0 Å². The number of likely N-dealkylation sites (tertiary alicyclic amines) is 1. The van der Waals surface area contributed by atoms with Crippen molar-refractivity contribution in [3.63, 3.8) is 0 Å². The molecule has 2 nitrogen and oxygen atoms in total. The molecule has 1 saturated heterocycles. The van der Waals surface area contributed by atoms with E-state index in [1.807, 2.05) is 0 Å². The zero-order chi connectivity index (χ0) is 11.5. The maximum Gasteiger partial charge on any atom is 0.165 e. The monoisotopic (exact) mass is 223 g/mol. The lowest BCUT2D eigenvalue weighted by Gasteiger charge is -2.30. The summed E-state index contributed by atoms with van der Waals surface area (Å²) >= 11 is 0. The van der Waals surface area contributed by atoms with E-state index in [1.165, 1.54) is 18.9 Å². The van der Waals surface area contributed by atoms with Crippen molar-refractivity contribution in [3.05, 3.63) is 29.6 Å². The van der Waals surface area contributed by atoms with E-state index in [-0.39, 0.29) is 5.75 Å². The van der Waals surface area contributed by atoms with E-state index in [9.17, 15) is 9.50 Å². The predicted octanol–water partition coefficient (Wildman–Crippen LogP) is 2.76. The van der Waals surface area contributed by atoms with E-state index in [0.717, 1.165) is 13.1 Å². The van der Waals surface area contributed by atoms with Crippen molar-refractivity contribution in [1.29, 1.82) is 0 Å². The fraction of sp³-hybridized carbons (Fsp3) is 0.538. The molecule has 1 unspecified atom stereocenters. The minimum absolute atomic E-state index is 0.194. The van der Waals surface area contributed by atoms with Gasteiger partial charge in [-0.1, -0.05) is 19.1 Å². The number of halogens is 1. The summed E-state index contributed by atoms with van der Waals surface area (Å²) in [5.74, 6) is -0.0206. The third-order valence-electron chi connectivity index (χ3n) is 3.21. The highest BCUT2D eigenvalue weighted by Gasteiger charge is 2.18. The first kappa shape index (κ1) is 11.4. The Morgan fingerprint density at radius 1 is 1.50 bits per heavy atom. The summed E-state index contributed by atoms with van der Waals surface area (Å²) in [5.41, 5.74) is 0.689. The van der Waals surface area contributed by atoms with Crippen molar-refractivity contribution in [2.45, 2.75) is 26.3 Å². The number of para-hydroxylation sites is 1. The smallest absolute Gasteiger partial charge is 0.165 e. The number of aromatic hydroxyl groups is 1. The van der Waals surface area contributed by atoms with Crippen LogP contribution < -0.4 is 0 Å². The first-order valence-corrected chi connectivity index (χ1v) is 5.85. The predicted molar refractivity (Wildman–Crippen MR) is 61.7 cm³/mol. The second-order valence-corrected chi connectivity index (χ2v) is 4.73. The lowest BCUT2D eigenvalue weighted by Crippen LogP contribution is -2.33. The first-order chi connectivity index (χ1) is 7.66. The van der Waals surface area contributed by atoms with Gasteiger partial charge in [-0.2, -0.15) is 0 Å². The van der Waals surface area contributed by atoms with Gasteiger partial charge in [0.2, 0.25) is 0 Å². The quantitative estimate of drug-likeness (QED) is 0.833. The molecule has 1 heterocycles. The molecule has 0 radical (unpaired) electrons. The van der Waals surface area contributed by atoms with Gasteiger partial charge in [0, 0.05) is 18.7 Å². The Kier molecular flexibility index (Phi) is 3.44. The third kappa shape index (κ3) is 2.53. The summed E-state index contributed by atoms with van der Waals surface area (Å²) < 4.78 is 13.1. The molecule has 88 valence electrons. The second kappa shape index (κ2) is 4.83. The van der Waals surface area contributed by atoms with Crippen LogP contribution in [0.2, 0.25) is 0 Å². The Morgan fingerprint density at radius 2 is 2.31 bits per heavy atom. The maximum atomic E-state index is 13.1. The summed E-state index contributed by atoms with van der Waals surface area (Å²) in [7, 11) is 0. The zero-order valence-corrected chi connectivity index (χ0v) is 9.62. The number of hydrogen-bond acceptors (Lipinski definition) is 2. The standard InChI is InChI=1S/C13H18FNO/c1-10-4-3-7-15(8-10)9-11-5-2-6-12(14)13(11)16/h2,5-6,10,16H,3-4,7-9H2,1H3. The number of piperidine rings is 1. The van der Waals surface area contributed by atoms with Gasteiger partial charge in [-0.3, -0.25) is 4.90 Å². The number of phenolic OH excluding ortho intramolecular Hbond substituents is 1. The van der Waals surface area contributed by atoms with Crippen molar-refractivity contribution in [2.24, 2.45) is 5.92 Å².